The number of carbonyl (C=O) groups is 2. The maximum atomic E-state index is 13.0. The quantitative estimate of drug-likeness (QED) is 0.717. The number of carbonyl (C=O) groups excluding carboxylic acids is 2. The largest absolute Gasteiger partial charge is 0.465 e. The number of aromatic nitrogens is 1. The summed E-state index contributed by atoms with van der Waals surface area (Å²) in [6.45, 7) is 4.16. The summed E-state index contributed by atoms with van der Waals surface area (Å²) in [6, 6.07) is 8.78. The van der Waals surface area contributed by atoms with Crippen molar-refractivity contribution in [3.8, 4) is 17.2 Å². The third-order valence-electron chi connectivity index (χ3n) is 4.86. The SMILES string of the molecule is COC(=O)c1c(C)nc(C)c(C(=O)OCC2CCCO2)c1-c1cccc(C#N)c1. The molecule has 0 radical (unpaired) electrons. The monoisotopic (exact) mass is 394 g/mol. The van der Waals surface area contributed by atoms with E-state index in [2.05, 4.69) is 11.1 Å². The summed E-state index contributed by atoms with van der Waals surface area (Å²) in [6.07, 6.45) is 1.65. The number of hydrogen-bond acceptors (Lipinski definition) is 7. The summed E-state index contributed by atoms with van der Waals surface area (Å²) in [5, 5.41) is 9.27. The summed E-state index contributed by atoms with van der Waals surface area (Å²) in [5.74, 6) is -1.20. The van der Waals surface area contributed by atoms with Crippen LogP contribution in [0.4, 0.5) is 0 Å². The summed E-state index contributed by atoms with van der Waals surface area (Å²) in [7, 11) is 1.27. The number of benzene rings is 1. The fraction of sp³-hybridized carbons (Fsp3) is 0.364. The molecule has 0 spiro atoms. The molecule has 1 aromatic carbocycles. The van der Waals surface area contributed by atoms with Crippen molar-refractivity contribution in [3.05, 3.63) is 52.3 Å². The van der Waals surface area contributed by atoms with E-state index in [0.717, 1.165) is 12.8 Å². The lowest BCUT2D eigenvalue weighted by atomic mass is 9.91. The van der Waals surface area contributed by atoms with Gasteiger partial charge in [-0.05, 0) is 44.4 Å². The number of pyridine rings is 1. The lowest BCUT2D eigenvalue weighted by Crippen LogP contribution is -2.21. The first-order chi connectivity index (χ1) is 14.0. The van der Waals surface area contributed by atoms with Crippen molar-refractivity contribution in [2.24, 2.45) is 0 Å². The highest BCUT2D eigenvalue weighted by Gasteiger charge is 2.28. The standard InChI is InChI=1S/C22H22N2O5/c1-13-18(21(25)27-3)20(16-7-4-6-15(10-16)11-23)19(14(2)24-13)22(26)29-12-17-8-5-9-28-17/h4,6-7,10,17H,5,8-9,12H2,1-3H3. The van der Waals surface area contributed by atoms with Gasteiger partial charge in [0.1, 0.15) is 6.61 Å². The second-order valence-corrected chi connectivity index (χ2v) is 6.83. The van der Waals surface area contributed by atoms with Crippen LogP contribution in [-0.4, -0.2) is 43.4 Å². The number of rotatable bonds is 5. The molecule has 1 unspecified atom stereocenters. The minimum Gasteiger partial charge on any atom is -0.465 e. The molecule has 2 aromatic rings. The van der Waals surface area contributed by atoms with Gasteiger partial charge in [0.25, 0.3) is 0 Å². The molecule has 0 N–H and O–H groups in total. The third kappa shape index (κ3) is 4.28. The summed E-state index contributed by atoms with van der Waals surface area (Å²) in [4.78, 5) is 29.9. The average molecular weight is 394 g/mol. The second kappa shape index (κ2) is 8.84. The predicted octanol–water partition coefficient (Wildman–Crippen LogP) is 3.36. The minimum atomic E-state index is -0.611. The number of methoxy groups -OCH3 is 1. The van der Waals surface area contributed by atoms with E-state index >= 15 is 0 Å². The Kier molecular flexibility index (Phi) is 6.25. The Hall–Kier alpha value is -3.24. The number of nitriles is 1. The molecule has 3 rings (SSSR count). The van der Waals surface area contributed by atoms with E-state index in [1.807, 2.05) is 0 Å². The molecule has 1 aliphatic heterocycles. The zero-order valence-corrected chi connectivity index (χ0v) is 16.7. The summed E-state index contributed by atoms with van der Waals surface area (Å²) in [5.41, 5.74) is 2.54. The zero-order valence-electron chi connectivity index (χ0n) is 16.7. The lowest BCUT2D eigenvalue weighted by molar-refractivity contribution is 0.0161. The van der Waals surface area contributed by atoms with Crippen LogP contribution in [0.5, 0.6) is 0 Å². The van der Waals surface area contributed by atoms with Gasteiger partial charge in [-0.2, -0.15) is 5.26 Å². The van der Waals surface area contributed by atoms with Crippen LogP contribution in [-0.2, 0) is 14.2 Å². The minimum absolute atomic E-state index is 0.122. The van der Waals surface area contributed by atoms with Gasteiger partial charge in [0.2, 0.25) is 0 Å². The van der Waals surface area contributed by atoms with Crippen LogP contribution in [0.3, 0.4) is 0 Å². The van der Waals surface area contributed by atoms with E-state index in [4.69, 9.17) is 14.2 Å². The molecule has 0 bridgehead atoms. The van der Waals surface area contributed by atoms with Crippen LogP contribution in [0.15, 0.2) is 24.3 Å². The first kappa shape index (κ1) is 20.5. The van der Waals surface area contributed by atoms with E-state index in [0.29, 0.717) is 34.7 Å². The van der Waals surface area contributed by atoms with Crippen molar-refractivity contribution in [1.29, 1.82) is 5.26 Å². The van der Waals surface area contributed by atoms with Crippen molar-refractivity contribution < 1.29 is 23.8 Å². The van der Waals surface area contributed by atoms with Gasteiger partial charge in [0, 0.05) is 12.2 Å². The molecular formula is C22H22N2O5. The van der Waals surface area contributed by atoms with Gasteiger partial charge in [-0.25, -0.2) is 9.59 Å². The van der Waals surface area contributed by atoms with Crippen LogP contribution < -0.4 is 0 Å². The van der Waals surface area contributed by atoms with Crippen molar-refractivity contribution in [2.45, 2.75) is 32.8 Å². The van der Waals surface area contributed by atoms with Crippen molar-refractivity contribution >= 4 is 11.9 Å². The summed E-state index contributed by atoms with van der Waals surface area (Å²) >= 11 is 0. The van der Waals surface area contributed by atoms with E-state index in [9.17, 15) is 14.9 Å². The Labute approximate surface area is 169 Å². The molecule has 0 saturated carbocycles. The molecule has 2 heterocycles. The van der Waals surface area contributed by atoms with Gasteiger partial charge < -0.3 is 14.2 Å². The van der Waals surface area contributed by atoms with Crippen LogP contribution in [0.2, 0.25) is 0 Å². The molecule has 1 aromatic heterocycles. The average Bonchev–Trinajstić information content (AvgIpc) is 3.24. The number of nitrogens with zero attached hydrogens (tertiary/aromatic N) is 2. The molecule has 7 nitrogen and oxygen atoms in total. The highest BCUT2D eigenvalue weighted by molar-refractivity contribution is 6.07. The fourth-order valence-electron chi connectivity index (χ4n) is 3.50. The zero-order chi connectivity index (χ0) is 21.0. The van der Waals surface area contributed by atoms with Crippen LogP contribution in [0.25, 0.3) is 11.1 Å². The maximum absolute atomic E-state index is 13.0. The van der Waals surface area contributed by atoms with Crippen molar-refractivity contribution in [3.63, 3.8) is 0 Å². The Morgan fingerprint density at radius 1 is 1.24 bits per heavy atom. The molecule has 0 amide bonds. The van der Waals surface area contributed by atoms with Crippen LogP contribution in [0.1, 0.15) is 50.5 Å². The third-order valence-corrected chi connectivity index (χ3v) is 4.86. The molecule has 1 fully saturated rings. The fourth-order valence-corrected chi connectivity index (χ4v) is 3.50. The van der Waals surface area contributed by atoms with Gasteiger partial charge in [0.15, 0.2) is 0 Å². The first-order valence-electron chi connectivity index (χ1n) is 9.35. The van der Waals surface area contributed by atoms with Crippen LogP contribution >= 0.6 is 0 Å². The second-order valence-electron chi connectivity index (χ2n) is 6.83. The molecule has 1 aliphatic rings. The lowest BCUT2D eigenvalue weighted by Gasteiger charge is -2.18. The Balaban J connectivity index is 2.14. The Bertz CT molecular complexity index is 987. The van der Waals surface area contributed by atoms with Crippen molar-refractivity contribution in [1.82, 2.24) is 4.98 Å². The van der Waals surface area contributed by atoms with Gasteiger partial charge in [0.05, 0.1) is 47.4 Å². The Morgan fingerprint density at radius 2 is 1.97 bits per heavy atom. The number of hydrogen-bond donors (Lipinski definition) is 0. The number of esters is 2. The smallest absolute Gasteiger partial charge is 0.340 e. The first-order valence-corrected chi connectivity index (χ1v) is 9.35. The van der Waals surface area contributed by atoms with Gasteiger partial charge >= 0.3 is 11.9 Å². The van der Waals surface area contributed by atoms with E-state index in [1.165, 1.54) is 7.11 Å². The topological polar surface area (TPSA) is 98.5 Å². The number of ether oxygens (including phenoxy) is 3. The predicted molar refractivity (Wildman–Crippen MR) is 104 cm³/mol. The van der Waals surface area contributed by atoms with Crippen molar-refractivity contribution in [2.75, 3.05) is 20.3 Å². The molecule has 7 heteroatoms. The molecular weight excluding hydrogens is 372 g/mol. The molecule has 1 atom stereocenters. The number of aryl methyl sites for hydroxylation is 2. The van der Waals surface area contributed by atoms with Gasteiger partial charge in [-0.15, -0.1) is 0 Å². The van der Waals surface area contributed by atoms with E-state index < -0.39 is 11.9 Å². The highest BCUT2D eigenvalue weighted by atomic mass is 16.6. The van der Waals surface area contributed by atoms with Gasteiger partial charge in [-0.3, -0.25) is 4.98 Å². The molecule has 29 heavy (non-hydrogen) atoms. The maximum Gasteiger partial charge on any atom is 0.340 e. The van der Waals surface area contributed by atoms with Gasteiger partial charge in [-0.1, -0.05) is 12.1 Å². The Morgan fingerprint density at radius 3 is 2.59 bits per heavy atom. The van der Waals surface area contributed by atoms with E-state index in [-0.39, 0.29) is 23.8 Å². The molecule has 1 saturated heterocycles. The normalized spacial score (nSPS) is 15.6. The molecule has 150 valence electrons. The molecule has 0 aliphatic carbocycles. The van der Waals surface area contributed by atoms with Crippen LogP contribution in [0, 0.1) is 25.2 Å². The van der Waals surface area contributed by atoms with E-state index in [1.54, 1.807) is 38.1 Å². The highest BCUT2D eigenvalue weighted by Crippen LogP contribution is 2.33. The summed E-state index contributed by atoms with van der Waals surface area (Å²) < 4.78 is 15.9.